The van der Waals surface area contributed by atoms with Gasteiger partial charge in [0.25, 0.3) is 0 Å². The van der Waals surface area contributed by atoms with Crippen LogP contribution in [0.25, 0.3) is 0 Å². The van der Waals surface area contributed by atoms with Crippen molar-refractivity contribution in [1.29, 1.82) is 0 Å². The van der Waals surface area contributed by atoms with Crippen molar-refractivity contribution in [3.63, 3.8) is 0 Å². The van der Waals surface area contributed by atoms with E-state index in [-0.39, 0.29) is 6.03 Å². The van der Waals surface area contributed by atoms with E-state index in [0.717, 1.165) is 18.1 Å². The highest BCUT2D eigenvalue weighted by molar-refractivity contribution is 7.09. The monoisotopic (exact) mass is 183 g/mol. The molecule has 1 fully saturated rings. The first-order valence-electron chi connectivity index (χ1n) is 3.77. The van der Waals surface area contributed by atoms with Crippen molar-refractivity contribution >= 4 is 17.4 Å². The molecule has 1 aliphatic rings. The third-order valence-corrected chi connectivity index (χ3v) is 2.52. The van der Waals surface area contributed by atoms with E-state index in [2.05, 4.69) is 10.3 Å². The number of nitrogens with one attached hydrogen (secondary N) is 1. The van der Waals surface area contributed by atoms with Gasteiger partial charge >= 0.3 is 6.03 Å². The molecule has 2 heterocycles. The number of thiazole rings is 1. The van der Waals surface area contributed by atoms with E-state index in [9.17, 15) is 4.79 Å². The Morgan fingerprint density at radius 1 is 1.75 bits per heavy atom. The maximum Gasteiger partial charge on any atom is 0.317 e. The molecule has 1 saturated heterocycles. The number of urea groups is 1. The minimum Gasteiger partial charge on any atom is -0.336 e. The van der Waals surface area contributed by atoms with Crippen LogP contribution in [0.5, 0.6) is 0 Å². The quantitative estimate of drug-likeness (QED) is 0.732. The van der Waals surface area contributed by atoms with Crippen LogP contribution in [0.2, 0.25) is 0 Å². The Bertz CT molecular complexity index is 272. The van der Waals surface area contributed by atoms with Crippen molar-refractivity contribution in [2.75, 3.05) is 13.1 Å². The maximum atomic E-state index is 11.1. The molecule has 2 amide bonds. The second-order valence-electron chi connectivity index (χ2n) is 2.58. The second-order valence-corrected chi connectivity index (χ2v) is 3.56. The molecule has 4 nitrogen and oxygen atoms in total. The lowest BCUT2D eigenvalue weighted by atomic mass is 10.5. The van der Waals surface area contributed by atoms with Crippen LogP contribution in [0.15, 0.2) is 11.6 Å². The summed E-state index contributed by atoms with van der Waals surface area (Å²) in [6.45, 7) is 2.19. The minimum atomic E-state index is 0.0187. The lowest BCUT2D eigenvalue weighted by molar-refractivity contribution is 0.215. The molecule has 0 aromatic carbocycles. The van der Waals surface area contributed by atoms with E-state index in [1.165, 1.54) is 0 Å². The minimum absolute atomic E-state index is 0.0187. The number of hydrogen-bond donors (Lipinski definition) is 1. The van der Waals surface area contributed by atoms with Crippen LogP contribution in [0.3, 0.4) is 0 Å². The zero-order chi connectivity index (χ0) is 8.39. The van der Waals surface area contributed by atoms with Crippen molar-refractivity contribution in [2.24, 2.45) is 0 Å². The standard InChI is InChI=1S/C7H9N3OS/c11-7-9-1-3-10(7)5-6-8-2-4-12-6/h2,4H,1,3,5H2,(H,9,11). The maximum absolute atomic E-state index is 11.1. The summed E-state index contributed by atoms with van der Waals surface area (Å²) in [5.41, 5.74) is 0. The zero-order valence-electron chi connectivity index (χ0n) is 6.49. The molecule has 2 rings (SSSR count). The molecule has 5 heteroatoms. The number of nitrogens with zero attached hydrogens (tertiary/aromatic N) is 2. The van der Waals surface area contributed by atoms with Gasteiger partial charge in [-0.25, -0.2) is 9.78 Å². The van der Waals surface area contributed by atoms with Crippen LogP contribution in [-0.2, 0) is 6.54 Å². The molecule has 1 aromatic heterocycles. The van der Waals surface area contributed by atoms with Gasteiger partial charge in [0.2, 0.25) is 0 Å². The molecule has 0 bridgehead atoms. The largest absolute Gasteiger partial charge is 0.336 e. The van der Waals surface area contributed by atoms with Gasteiger partial charge < -0.3 is 10.2 Å². The summed E-state index contributed by atoms with van der Waals surface area (Å²) in [5.74, 6) is 0. The Morgan fingerprint density at radius 2 is 2.67 bits per heavy atom. The Kier molecular flexibility index (Phi) is 1.95. The molecule has 1 aromatic rings. The molecule has 64 valence electrons. The molecular weight excluding hydrogens is 174 g/mol. The average molecular weight is 183 g/mol. The molecule has 0 atom stereocenters. The van der Waals surface area contributed by atoms with Gasteiger partial charge in [0.05, 0.1) is 6.54 Å². The van der Waals surface area contributed by atoms with Gasteiger partial charge in [-0.3, -0.25) is 0 Å². The second kappa shape index (κ2) is 3.10. The van der Waals surface area contributed by atoms with Crippen LogP contribution in [0.1, 0.15) is 5.01 Å². The first-order valence-corrected chi connectivity index (χ1v) is 4.65. The fourth-order valence-electron chi connectivity index (χ4n) is 1.16. The predicted octanol–water partition coefficient (Wildman–Crippen LogP) is 0.668. The van der Waals surface area contributed by atoms with Crippen molar-refractivity contribution in [3.8, 4) is 0 Å². The lowest BCUT2D eigenvalue weighted by Crippen LogP contribution is -2.27. The van der Waals surface area contributed by atoms with Gasteiger partial charge in [-0.2, -0.15) is 0 Å². The van der Waals surface area contributed by atoms with E-state index in [1.54, 1.807) is 22.4 Å². The van der Waals surface area contributed by atoms with Crippen LogP contribution >= 0.6 is 11.3 Å². The number of hydrogen-bond acceptors (Lipinski definition) is 3. The lowest BCUT2D eigenvalue weighted by Gasteiger charge is -2.10. The van der Waals surface area contributed by atoms with Gasteiger partial charge in [-0.1, -0.05) is 0 Å². The fourth-order valence-corrected chi connectivity index (χ4v) is 1.79. The highest BCUT2D eigenvalue weighted by Gasteiger charge is 2.19. The SMILES string of the molecule is O=C1NCCN1Cc1nccs1. The Hall–Kier alpha value is -1.10. The number of amides is 2. The van der Waals surface area contributed by atoms with Crippen LogP contribution in [-0.4, -0.2) is 29.0 Å². The summed E-state index contributed by atoms with van der Waals surface area (Å²) in [6, 6.07) is 0.0187. The van der Waals surface area contributed by atoms with Crippen molar-refractivity contribution < 1.29 is 4.79 Å². The number of aromatic nitrogens is 1. The normalized spacial score (nSPS) is 16.7. The highest BCUT2D eigenvalue weighted by atomic mass is 32.1. The number of carbonyl (C=O) groups excluding carboxylic acids is 1. The molecule has 0 saturated carbocycles. The Morgan fingerprint density at radius 3 is 3.25 bits per heavy atom. The van der Waals surface area contributed by atoms with Gasteiger partial charge in [-0.05, 0) is 0 Å². The summed E-state index contributed by atoms with van der Waals surface area (Å²) < 4.78 is 0. The van der Waals surface area contributed by atoms with Crippen molar-refractivity contribution in [2.45, 2.75) is 6.54 Å². The van der Waals surface area contributed by atoms with Crippen LogP contribution in [0, 0.1) is 0 Å². The number of carbonyl (C=O) groups is 1. The number of rotatable bonds is 2. The van der Waals surface area contributed by atoms with E-state index >= 15 is 0 Å². The van der Waals surface area contributed by atoms with Gasteiger partial charge in [0.15, 0.2) is 0 Å². The Labute approximate surface area is 74.2 Å². The smallest absolute Gasteiger partial charge is 0.317 e. The summed E-state index contributed by atoms with van der Waals surface area (Å²) in [7, 11) is 0. The molecule has 0 aliphatic carbocycles. The Balaban J connectivity index is 1.99. The summed E-state index contributed by atoms with van der Waals surface area (Å²) in [6.07, 6.45) is 1.76. The van der Waals surface area contributed by atoms with Crippen molar-refractivity contribution in [3.05, 3.63) is 16.6 Å². The van der Waals surface area contributed by atoms with E-state index in [4.69, 9.17) is 0 Å². The van der Waals surface area contributed by atoms with Crippen LogP contribution < -0.4 is 5.32 Å². The molecule has 0 radical (unpaired) electrons. The molecule has 0 spiro atoms. The van der Waals surface area contributed by atoms with Crippen molar-refractivity contribution in [1.82, 2.24) is 15.2 Å². The molecule has 1 aliphatic heterocycles. The summed E-state index contributed by atoms with van der Waals surface area (Å²) in [4.78, 5) is 17.0. The highest BCUT2D eigenvalue weighted by Crippen LogP contribution is 2.09. The summed E-state index contributed by atoms with van der Waals surface area (Å²) in [5, 5.41) is 5.66. The predicted molar refractivity (Wildman–Crippen MR) is 45.9 cm³/mol. The third kappa shape index (κ3) is 1.40. The molecule has 0 unspecified atom stereocenters. The third-order valence-electron chi connectivity index (χ3n) is 1.75. The average Bonchev–Trinajstić information content (AvgIpc) is 2.65. The van der Waals surface area contributed by atoms with E-state index in [0.29, 0.717) is 6.54 Å². The summed E-state index contributed by atoms with van der Waals surface area (Å²) >= 11 is 1.58. The van der Waals surface area contributed by atoms with Gasteiger partial charge in [0, 0.05) is 24.7 Å². The first-order chi connectivity index (χ1) is 5.86. The van der Waals surface area contributed by atoms with Crippen LogP contribution in [0.4, 0.5) is 4.79 Å². The molecule has 12 heavy (non-hydrogen) atoms. The van der Waals surface area contributed by atoms with E-state index < -0.39 is 0 Å². The topological polar surface area (TPSA) is 45.2 Å². The van der Waals surface area contributed by atoms with Gasteiger partial charge in [-0.15, -0.1) is 11.3 Å². The fraction of sp³-hybridized carbons (Fsp3) is 0.429. The van der Waals surface area contributed by atoms with E-state index in [1.807, 2.05) is 5.38 Å². The zero-order valence-corrected chi connectivity index (χ0v) is 7.30. The van der Waals surface area contributed by atoms with Gasteiger partial charge in [0.1, 0.15) is 5.01 Å². The molecular formula is C7H9N3OS. The molecule has 1 N–H and O–H groups in total. The first kappa shape index (κ1) is 7.54.